The molecule has 0 radical (unpaired) electrons. The van der Waals surface area contributed by atoms with Gasteiger partial charge in [-0.25, -0.2) is 4.79 Å². The predicted octanol–water partition coefficient (Wildman–Crippen LogP) is 4.41. The maximum Gasteiger partial charge on any atom is 0.412 e. The van der Waals surface area contributed by atoms with Crippen molar-refractivity contribution in [3.8, 4) is 16.9 Å². The van der Waals surface area contributed by atoms with Gasteiger partial charge in [-0.2, -0.15) is 0 Å². The molecule has 0 atom stereocenters. The van der Waals surface area contributed by atoms with Crippen molar-refractivity contribution in [3.05, 3.63) is 48.5 Å². The van der Waals surface area contributed by atoms with Crippen LogP contribution in [0.5, 0.6) is 5.75 Å². The van der Waals surface area contributed by atoms with Crippen molar-refractivity contribution in [2.24, 2.45) is 0 Å². The average Bonchev–Trinajstić information content (AvgIpc) is 2.38. The van der Waals surface area contributed by atoms with E-state index in [0.29, 0.717) is 5.69 Å². The molecule has 0 saturated carbocycles. The number of phenolic OH excluding ortho intramolecular Hbond substituents is 1. The van der Waals surface area contributed by atoms with Crippen molar-refractivity contribution < 1.29 is 14.6 Å². The average molecular weight is 285 g/mol. The van der Waals surface area contributed by atoms with E-state index in [-0.39, 0.29) is 5.75 Å². The van der Waals surface area contributed by atoms with Crippen LogP contribution in [0, 0.1) is 0 Å². The number of ether oxygens (including phenoxy) is 1. The molecule has 2 aromatic carbocycles. The summed E-state index contributed by atoms with van der Waals surface area (Å²) in [5.41, 5.74) is 1.74. The van der Waals surface area contributed by atoms with E-state index in [1.807, 2.05) is 45.0 Å². The van der Waals surface area contributed by atoms with Crippen molar-refractivity contribution in [2.45, 2.75) is 26.4 Å². The van der Waals surface area contributed by atoms with Gasteiger partial charge in [0.05, 0.1) is 0 Å². The largest absolute Gasteiger partial charge is 0.507 e. The van der Waals surface area contributed by atoms with Crippen LogP contribution in [0.2, 0.25) is 0 Å². The second-order valence-corrected chi connectivity index (χ2v) is 5.72. The Morgan fingerprint density at radius 1 is 1.05 bits per heavy atom. The van der Waals surface area contributed by atoms with Gasteiger partial charge in [0.15, 0.2) is 0 Å². The lowest BCUT2D eigenvalue weighted by atomic mass is 10.0. The third-order valence-electron chi connectivity index (χ3n) is 2.75. The van der Waals surface area contributed by atoms with Gasteiger partial charge in [-0.15, -0.1) is 0 Å². The fourth-order valence-electron chi connectivity index (χ4n) is 1.87. The summed E-state index contributed by atoms with van der Waals surface area (Å²) in [5.74, 6) is 0.227. The van der Waals surface area contributed by atoms with Crippen molar-refractivity contribution in [1.82, 2.24) is 0 Å². The molecule has 4 heteroatoms. The lowest BCUT2D eigenvalue weighted by Gasteiger charge is -2.19. The highest BCUT2D eigenvalue weighted by Gasteiger charge is 2.16. The summed E-state index contributed by atoms with van der Waals surface area (Å²) in [6.45, 7) is 5.44. The molecular weight excluding hydrogens is 266 g/mol. The molecule has 0 fully saturated rings. The predicted molar refractivity (Wildman–Crippen MR) is 83.4 cm³/mol. The topological polar surface area (TPSA) is 58.6 Å². The molecular formula is C17H19NO3. The maximum absolute atomic E-state index is 11.7. The lowest BCUT2D eigenvalue weighted by Crippen LogP contribution is -2.27. The molecule has 0 bridgehead atoms. The van der Waals surface area contributed by atoms with Gasteiger partial charge in [-0.1, -0.05) is 30.3 Å². The van der Waals surface area contributed by atoms with E-state index >= 15 is 0 Å². The number of carbonyl (C=O) groups is 1. The molecule has 0 heterocycles. The molecule has 2 aromatic rings. The lowest BCUT2D eigenvalue weighted by molar-refractivity contribution is 0.0636. The molecule has 0 spiro atoms. The molecule has 21 heavy (non-hydrogen) atoms. The van der Waals surface area contributed by atoms with Gasteiger partial charge in [0, 0.05) is 11.3 Å². The van der Waals surface area contributed by atoms with E-state index in [2.05, 4.69) is 5.32 Å². The highest BCUT2D eigenvalue weighted by atomic mass is 16.6. The normalized spacial score (nSPS) is 11.0. The summed E-state index contributed by atoms with van der Waals surface area (Å²) in [7, 11) is 0. The number of phenols is 1. The molecule has 0 aromatic heterocycles. The van der Waals surface area contributed by atoms with E-state index in [1.54, 1.807) is 24.3 Å². The molecule has 0 aliphatic heterocycles. The number of carbonyl (C=O) groups excluding carboxylic acids is 1. The quantitative estimate of drug-likeness (QED) is 0.859. The van der Waals surface area contributed by atoms with Crippen molar-refractivity contribution in [3.63, 3.8) is 0 Å². The first-order valence-corrected chi connectivity index (χ1v) is 6.73. The molecule has 2 rings (SSSR count). The second-order valence-electron chi connectivity index (χ2n) is 5.72. The van der Waals surface area contributed by atoms with E-state index in [4.69, 9.17) is 4.74 Å². The molecule has 0 aliphatic carbocycles. The summed E-state index contributed by atoms with van der Waals surface area (Å²) in [4.78, 5) is 11.7. The summed E-state index contributed by atoms with van der Waals surface area (Å²) in [5, 5.41) is 12.5. The van der Waals surface area contributed by atoms with Crippen molar-refractivity contribution in [2.75, 3.05) is 5.32 Å². The van der Waals surface area contributed by atoms with Crippen LogP contribution in [0.15, 0.2) is 48.5 Å². The first kappa shape index (κ1) is 14.9. The van der Waals surface area contributed by atoms with Gasteiger partial charge in [-0.3, -0.25) is 5.32 Å². The zero-order chi connectivity index (χ0) is 15.5. The van der Waals surface area contributed by atoms with Crippen LogP contribution in [-0.4, -0.2) is 16.8 Å². The number of aromatic hydroxyl groups is 1. The number of anilines is 1. The SMILES string of the molecule is CC(C)(C)OC(=O)Nc1ccc(-c2ccccc2O)cc1. The molecule has 2 N–H and O–H groups in total. The summed E-state index contributed by atoms with van der Waals surface area (Å²) in [6, 6.07) is 14.3. The van der Waals surface area contributed by atoms with Gasteiger partial charge in [0.25, 0.3) is 0 Å². The van der Waals surface area contributed by atoms with Gasteiger partial charge in [0.2, 0.25) is 0 Å². The van der Waals surface area contributed by atoms with Crippen LogP contribution < -0.4 is 5.32 Å². The Hall–Kier alpha value is -2.49. The first-order valence-electron chi connectivity index (χ1n) is 6.73. The Morgan fingerprint density at radius 3 is 2.24 bits per heavy atom. The second kappa shape index (κ2) is 5.87. The molecule has 0 unspecified atom stereocenters. The van der Waals surface area contributed by atoms with Crippen LogP contribution in [0.1, 0.15) is 20.8 Å². The maximum atomic E-state index is 11.7. The van der Waals surface area contributed by atoms with E-state index in [9.17, 15) is 9.90 Å². The smallest absolute Gasteiger partial charge is 0.412 e. The Labute approximate surface area is 124 Å². The Morgan fingerprint density at radius 2 is 1.67 bits per heavy atom. The molecule has 110 valence electrons. The minimum Gasteiger partial charge on any atom is -0.507 e. The van der Waals surface area contributed by atoms with Gasteiger partial charge < -0.3 is 9.84 Å². The number of amides is 1. The minimum atomic E-state index is -0.528. The zero-order valence-electron chi connectivity index (χ0n) is 12.4. The van der Waals surface area contributed by atoms with E-state index in [1.165, 1.54) is 0 Å². The molecule has 0 saturated heterocycles. The summed E-state index contributed by atoms with van der Waals surface area (Å²) < 4.78 is 5.19. The number of rotatable bonds is 2. The molecule has 0 aliphatic rings. The number of hydrogen-bond donors (Lipinski definition) is 2. The third-order valence-corrected chi connectivity index (χ3v) is 2.75. The number of hydrogen-bond acceptors (Lipinski definition) is 3. The van der Waals surface area contributed by atoms with Crippen LogP contribution in [0.4, 0.5) is 10.5 Å². The minimum absolute atomic E-state index is 0.227. The monoisotopic (exact) mass is 285 g/mol. The van der Waals surface area contributed by atoms with Gasteiger partial charge >= 0.3 is 6.09 Å². The highest BCUT2D eigenvalue weighted by Crippen LogP contribution is 2.29. The standard InChI is InChI=1S/C17H19NO3/c1-17(2,3)21-16(20)18-13-10-8-12(9-11-13)14-6-4-5-7-15(14)19/h4-11,19H,1-3H3,(H,18,20). The van der Waals surface area contributed by atoms with Crippen LogP contribution in [0.25, 0.3) is 11.1 Å². The van der Waals surface area contributed by atoms with Crippen molar-refractivity contribution >= 4 is 11.8 Å². The fourth-order valence-corrected chi connectivity index (χ4v) is 1.87. The Kier molecular flexibility index (Phi) is 4.17. The van der Waals surface area contributed by atoms with Crippen LogP contribution in [0.3, 0.4) is 0 Å². The summed E-state index contributed by atoms with van der Waals surface area (Å²) in [6.07, 6.45) is -0.488. The Bertz CT molecular complexity index is 627. The Balaban J connectivity index is 2.10. The number of nitrogens with one attached hydrogen (secondary N) is 1. The van der Waals surface area contributed by atoms with E-state index in [0.717, 1.165) is 11.1 Å². The molecule has 1 amide bonds. The van der Waals surface area contributed by atoms with Crippen molar-refractivity contribution in [1.29, 1.82) is 0 Å². The van der Waals surface area contributed by atoms with Crippen LogP contribution >= 0.6 is 0 Å². The zero-order valence-corrected chi connectivity index (χ0v) is 12.4. The summed E-state index contributed by atoms with van der Waals surface area (Å²) >= 11 is 0. The van der Waals surface area contributed by atoms with Gasteiger partial charge in [-0.05, 0) is 44.5 Å². The first-order chi connectivity index (χ1) is 9.85. The van der Waals surface area contributed by atoms with E-state index < -0.39 is 11.7 Å². The highest BCUT2D eigenvalue weighted by molar-refractivity contribution is 5.85. The van der Waals surface area contributed by atoms with Gasteiger partial charge in [0.1, 0.15) is 11.4 Å². The number of benzene rings is 2. The number of para-hydroxylation sites is 1. The van der Waals surface area contributed by atoms with Crippen LogP contribution in [-0.2, 0) is 4.74 Å². The third kappa shape index (κ3) is 4.24. The molecule has 4 nitrogen and oxygen atoms in total. The fraction of sp³-hybridized carbons (Fsp3) is 0.235.